The topological polar surface area (TPSA) is 88.8 Å². The standard InChI is InChI=1S/C27H27FN2O5S/c1-17(2)34-22-15-14-21-23(25(22)30(36(4,32)33)16-18-8-6-5-7-9-18)24(27(31)29-3)26(35-21)19-10-12-20(28)13-11-19/h5-15,17H,16H2,1-4H3,(H,29,31). The predicted octanol–water partition coefficient (Wildman–Crippen LogP) is 5.35. The number of carbonyl (C=O) groups is 1. The average Bonchev–Trinajstić information content (AvgIpc) is 3.22. The molecule has 0 unspecified atom stereocenters. The average molecular weight is 511 g/mol. The third-order valence-electron chi connectivity index (χ3n) is 5.53. The quantitative estimate of drug-likeness (QED) is 0.345. The molecule has 1 heterocycles. The predicted molar refractivity (Wildman–Crippen MR) is 138 cm³/mol. The van der Waals surface area contributed by atoms with Gasteiger partial charge in [0.2, 0.25) is 10.0 Å². The van der Waals surface area contributed by atoms with Gasteiger partial charge in [-0.3, -0.25) is 9.10 Å². The largest absolute Gasteiger partial charge is 0.489 e. The van der Waals surface area contributed by atoms with Gasteiger partial charge < -0.3 is 14.5 Å². The molecular weight excluding hydrogens is 483 g/mol. The molecule has 0 bridgehead atoms. The van der Waals surface area contributed by atoms with Gasteiger partial charge in [0.1, 0.15) is 28.6 Å². The van der Waals surface area contributed by atoms with E-state index in [1.807, 2.05) is 44.2 Å². The SMILES string of the molecule is CNC(=O)c1c(-c2ccc(F)cc2)oc2ccc(OC(C)C)c(N(Cc3ccccc3)S(C)(=O)=O)c12. The Labute approximate surface area is 209 Å². The summed E-state index contributed by atoms with van der Waals surface area (Å²) in [4.78, 5) is 13.2. The maximum atomic E-state index is 13.6. The fourth-order valence-electron chi connectivity index (χ4n) is 4.01. The van der Waals surface area contributed by atoms with Gasteiger partial charge in [0, 0.05) is 12.6 Å². The number of nitrogens with zero attached hydrogens (tertiary/aromatic N) is 1. The monoisotopic (exact) mass is 510 g/mol. The van der Waals surface area contributed by atoms with Crippen molar-refractivity contribution in [3.63, 3.8) is 0 Å². The Balaban J connectivity index is 2.09. The lowest BCUT2D eigenvalue weighted by atomic mass is 10.0. The van der Waals surface area contributed by atoms with Crippen molar-refractivity contribution in [2.24, 2.45) is 0 Å². The Morgan fingerprint density at radius 3 is 2.31 bits per heavy atom. The number of hydrogen-bond acceptors (Lipinski definition) is 5. The van der Waals surface area contributed by atoms with Gasteiger partial charge in [0.25, 0.3) is 5.91 Å². The van der Waals surface area contributed by atoms with Gasteiger partial charge in [0.15, 0.2) is 0 Å². The minimum Gasteiger partial charge on any atom is -0.489 e. The van der Waals surface area contributed by atoms with Crippen LogP contribution in [-0.2, 0) is 16.6 Å². The number of ether oxygens (including phenoxy) is 1. The summed E-state index contributed by atoms with van der Waals surface area (Å²) in [6, 6.07) is 17.9. The number of anilines is 1. The zero-order chi connectivity index (χ0) is 26.0. The van der Waals surface area contributed by atoms with Crippen molar-refractivity contribution >= 4 is 32.6 Å². The Morgan fingerprint density at radius 2 is 1.72 bits per heavy atom. The van der Waals surface area contributed by atoms with Crippen LogP contribution in [0.4, 0.5) is 10.1 Å². The molecular formula is C27H27FN2O5S. The Bertz CT molecular complexity index is 1500. The number of sulfonamides is 1. The minimum atomic E-state index is -3.85. The van der Waals surface area contributed by atoms with E-state index in [0.29, 0.717) is 11.1 Å². The van der Waals surface area contributed by atoms with Gasteiger partial charge in [-0.1, -0.05) is 30.3 Å². The zero-order valence-corrected chi connectivity index (χ0v) is 21.2. The van der Waals surface area contributed by atoms with Crippen LogP contribution in [0.15, 0.2) is 71.1 Å². The van der Waals surface area contributed by atoms with E-state index in [4.69, 9.17) is 9.15 Å². The first kappa shape index (κ1) is 25.2. The maximum Gasteiger partial charge on any atom is 0.255 e. The van der Waals surface area contributed by atoms with Crippen molar-refractivity contribution in [3.8, 4) is 17.1 Å². The zero-order valence-electron chi connectivity index (χ0n) is 20.4. The van der Waals surface area contributed by atoms with Crippen molar-refractivity contribution in [3.05, 3.63) is 83.7 Å². The molecule has 0 aliphatic carbocycles. The van der Waals surface area contributed by atoms with E-state index in [2.05, 4.69) is 5.32 Å². The van der Waals surface area contributed by atoms with Crippen LogP contribution in [0.5, 0.6) is 5.75 Å². The summed E-state index contributed by atoms with van der Waals surface area (Å²) in [7, 11) is -2.37. The molecule has 4 rings (SSSR count). The Kier molecular flexibility index (Phi) is 7.03. The number of benzene rings is 3. The molecule has 9 heteroatoms. The first-order valence-electron chi connectivity index (χ1n) is 11.4. The molecule has 1 N–H and O–H groups in total. The van der Waals surface area contributed by atoms with Crippen LogP contribution < -0.4 is 14.4 Å². The molecule has 0 saturated carbocycles. The number of fused-ring (bicyclic) bond motifs is 1. The normalized spacial score (nSPS) is 11.6. The summed E-state index contributed by atoms with van der Waals surface area (Å²) >= 11 is 0. The smallest absolute Gasteiger partial charge is 0.255 e. The van der Waals surface area contributed by atoms with E-state index in [-0.39, 0.29) is 40.8 Å². The van der Waals surface area contributed by atoms with Crippen LogP contribution in [0.3, 0.4) is 0 Å². The van der Waals surface area contributed by atoms with E-state index in [0.717, 1.165) is 11.8 Å². The maximum absolute atomic E-state index is 13.6. The minimum absolute atomic E-state index is 0.0114. The molecule has 0 spiro atoms. The molecule has 7 nitrogen and oxygen atoms in total. The Morgan fingerprint density at radius 1 is 1.06 bits per heavy atom. The van der Waals surface area contributed by atoms with Crippen molar-refractivity contribution in [2.75, 3.05) is 17.6 Å². The highest BCUT2D eigenvalue weighted by molar-refractivity contribution is 7.92. The molecule has 0 radical (unpaired) electrons. The highest BCUT2D eigenvalue weighted by atomic mass is 32.2. The van der Waals surface area contributed by atoms with Crippen molar-refractivity contribution in [2.45, 2.75) is 26.5 Å². The molecule has 0 aliphatic rings. The highest BCUT2D eigenvalue weighted by Gasteiger charge is 2.31. The van der Waals surface area contributed by atoms with Crippen LogP contribution >= 0.6 is 0 Å². The molecule has 0 atom stereocenters. The fraction of sp³-hybridized carbons (Fsp3) is 0.222. The molecule has 36 heavy (non-hydrogen) atoms. The molecule has 0 fully saturated rings. The third kappa shape index (κ3) is 5.06. The molecule has 1 aromatic heterocycles. The molecule has 0 aliphatic heterocycles. The molecule has 0 saturated heterocycles. The molecule has 3 aromatic carbocycles. The summed E-state index contributed by atoms with van der Waals surface area (Å²) in [6.07, 6.45) is 0.834. The van der Waals surface area contributed by atoms with E-state index < -0.39 is 21.7 Å². The van der Waals surface area contributed by atoms with Crippen LogP contribution in [0.1, 0.15) is 29.8 Å². The number of carbonyl (C=O) groups excluding carboxylic acids is 1. The second-order valence-electron chi connectivity index (χ2n) is 8.60. The fourth-order valence-corrected chi connectivity index (χ4v) is 4.91. The van der Waals surface area contributed by atoms with Crippen LogP contribution in [0, 0.1) is 5.82 Å². The summed E-state index contributed by atoms with van der Waals surface area (Å²) in [5.74, 6) is -0.434. The van der Waals surface area contributed by atoms with Crippen LogP contribution in [-0.4, -0.2) is 33.7 Å². The number of hydrogen-bond donors (Lipinski definition) is 1. The second kappa shape index (κ2) is 10.0. The second-order valence-corrected chi connectivity index (χ2v) is 10.5. The first-order chi connectivity index (χ1) is 17.1. The van der Waals surface area contributed by atoms with Crippen molar-refractivity contribution < 1.29 is 26.8 Å². The summed E-state index contributed by atoms with van der Waals surface area (Å²) in [5.41, 5.74) is 1.84. The third-order valence-corrected chi connectivity index (χ3v) is 6.65. The van der Waals surface area contributed by atoms with E-state index in [1.165, 1.54) is 35.6 Å². The summed E-state index contributed by atoms with van der Waals surface area (Å²) < 4.78 is 53.3. The number of furan rings is 1. The van der Waals surface area contributed by atoms with Gasteiger partial charge in [-0.25, -0.2) is 12.8 Å². The highest BCUT2D eigenvalue weighted by Crippen LogP contribution is 2.45. The number of nitrogens with one attached hydrogen (secondary N) is 1. The van der Waals surface area contributed by atoms with Gasteiger partial charge in [0.05, 0.1) is 29.9 Å². The molecule has 1 amide bonds. The molecule has 188 valence electrons. The first-order valence-corrected chi connectivity index (χ1v) is 13.2. The molecule has 4 aromatic rings. The van der Waals surface area contributed by atoms with Crippen molar-refractivity contribution in [1.82, 2.24) is 5.32 Å². The van der Waals surface area contributed by atoms with Gasteiger partial charge in [-0.15, -0.1) is 0 Å². The summed E-state index contributed by atoms with van der Waals surface area (Å²) in [6.45, 7) is 3.67. The van der Waals surface area contributed by atoms with E-state index in [1.54, 1.807) is 12.1 Å². The number of halogens is 1. The number of rotatable bonds is 8. The van der Waals surface area contributed by atoms with Gasteiger partial charge >= 0.3 is 0 Å². The van der Waals surface area contributed by atoms with E-state index >= 15 is 0 Å². The van der Waals surface area contributed by atoms with Crippen LogP contribution in [0.25, 0.3) is 22.3 Å². The van der Waals surface area contributed by atoms with Crippen LogP contribution in [0.2, 0.25) is 0 Å². The lowest BCUT2D eigenvalue weighted by Gasteiger charge is -2.26. The number of amides is 1. The summed E-state index contributed by atoms with van der Waals surface area (Å²) in [5, 5.41) is 2.90. The lowest BCUT2D eigenvalue weighted by molar-refractivity contribution is 0.0964. The van der Waals surface area contributed by atoms with E-state index in [9.17, 15) is 17.6 Å². The van der Waals surface area contributed by atoms with Gasteiger partial charge in [-0.05, 0) is 55.8 Å². The Hall–Kier alpha value is -3.85. The van der Waals surface area contributed by atoms with Crippen molar-refractivity contribution in [1.29, 1.82) is 0 Å². The lowest BCUT2D eigenvalue weighted by Crippen LogP contribution is -2.30. The van der Waals surface area contributed by atoms with Gasteiger partial charge in [-0.2, -0.15) is 0 Å².